The monoisotopic (exact) mass is 286 g/mol. The third-order valence-electron chi connectivity index (χ3n) is 3.34. The second kappa shape index (κ2) is 6.34. The van der Waals surface area contributed by atoms with Gasteiger partial charge in [-0.15, -0.1) is 0 Å². The number of rotatable bonds is 5. The predicted octanol–water partition coefficient (Wildman–Crippen LogP) is 0.255. The Balaban J connectivity index is 2.06. The number of hydrogen-bond acceptors (Lipinski definition) is 5. The van der Waals surface area contributed by atoms with Crippen LogP contribution in [0.1, 0.15) is 13.3 Å². The van der Waals surface area contributed by atoms with Gasteiger partial charge < -0.3 is 24.8 Å². The molecule has 20 heavy (non-hydrogen) atoms. The molecule has 0 aromatic carbocycles. The number of ether oxygens (including phenoxy) is 2. The van der Waals surface area contributed by atoms with E-state index in [0.29, 0.717) is 17.8 Å². The van der Waals surface area contributed by atoms with Crippen molar-refractivity contribution in [1.82, 2.24) is 10.2 Å². The van der Waals surface area contributed by atoms with Gasteiger partial charge >= 0.3 is 0 Å². The van der Waals surface area contributed by atoms with Gasteiger partial charge in [-0.25, -0.2) is 4.39 Å². The number of carbonyl (C=O) groups excluding carboxylic acids is 1. The molecule has 6 nitrogen and oxygen atoms in total. The molecule has 2 rings (SSSR count). The standard InChI is InChI=1S/C13H19FN2O4/c1-8-6-16(9(2)15-13(8)18)12-5-10(19-4-3-14)11(7-17)20-12/h6,10-12,17H,2-5,7H2,1H3,(H,15,18)/t10?,11-,12-/m1/s1. The molecular weight excluding hydrogens is 267 g/mol. The number of amides is 1. The van der Waals surface area contributed by atoms with E-state index in [1.807, 2.05) is 0 Å². The van der Waals surface area contributed by atoms with E-state index in [4.69, 9.17) is 9.47 Å². The molecule has 2 aliphatic heterocycles. The summed E-state index contributed by atoms with van der Waals surface area (Å²) in [6.45, 7) is 4.65. The highest BCUT2D eigenvalue weighted by Gasteiger charge is 2.39. The molecule has 3 atom stereocenters. The summed E-state index contributed by atoms with van der Waals surface area (Å²) in [6, 6.07) is 0. The van der Waals surface area contributed by atoms with Crippen LogP contribution in [0.3, 0.4) is 0 Å². The van der Waals surface area contributed by atoms with Gasteiger partial charge in [0, 0.05) is 18.2 Å². The maximum atomic E-state index is 12.2. The van der Waals surface area contributed by atoms with Crippen LogP contribution < -0.4 is 5.32 Å². The number of hydrogen-bond donors (Lipinski definition) is 2. The number of halogens is 1. The number of carbonyl (C=O) groups is 1. The van der Waals surface area contributed by atoms with Gasteiger partial charge in [0.15, 0.2) is 0 Å². The zero-order chi connectivity index (χ0) is 14.7. The number of aliphatic hydroxyl groups is 1. The normalized spacial score (nSPS) is 30.4. The first-order valence-electron chi connectivity index (χ1n) is 6.47. The molecule has 2 heterocycles. The first-order chi connectivity index (χ1) is 9.56. The molecule has 1 saturated heterocycles. The molecule has 0 aliphatic carbocycles. The van der Waals surface area contributed by atoms with E-state index in [9.17, 15) is 14.3 Å². The fraction of sp³-hybridized carbons (Fsp3) is 0.615. The minimum Gasteiger partial charge on any atom is -0.394 e. The topological polar surface area (TPSA) is 71.0 Å². The SMILES string of the molecule is C=C1NC(=O)C(C)=CN1[C@H]1CC(OCCF)[C@@H](CO)O1. The molecular formula is C13H19FN2O4. The fourth-order valence-electron chi connectivity index (χ4n) is 2.30. The summed E-state index contributed by atoms with van der Waals surface area (Å²) in [7, 11) is 0. The van der Waals surface area contributed by atoms with Gasteiger partial charge in [0.25, 0.3) is 5.91 Å². The Morgan fingerprint density at radius 3 is 3.10 bits per heavy atom. The van der Waals surface area contributed by atoms with Gasteiger partial charge in [0.05, 0.1) is 19.3 Å². The van der Waals surface area contributed by atoms with Crippen molar-refractivity contribution in [3.05, 3.63) is 24.2 Å². The number of nitrogens with zero attached hydrogens (tertiary/aromatic N) is 1. The lowest BCUT2D eigenvalue weighted by Gasteiger charge is -2.32. The third kappa shape index (κ3) is 3.00. The van der Waals surface area contributed by atoms with Crippen LogP contribution in [0, 0.1) is 0 Å². The zero-order valence-electron chi connectivity index (χ0n) is 11.3. The molecule has 1 fully saturated rings. The Hall–Kier alpha value is -1.44. The molecule has 2 N–H and O–H groups in total. The van der Waals surface area contributed by atoms with Crippen molar-refractivity contribution >= 4 is 5.91 Å². The fourth-order valence-corrected chi connectivity index (χ4v) is 2.30. The minimum atomic E-state index is -0.579. The van der Waals surface area contributed by atoms with Gasteiger partial charge in [-0.05, 0) is 6.92 Å². The molecule has 1 amide bonds. The van der Waals surface area contributed by atoms with E-state index in [1.165, 1.54) is 0 Å². The molecule has 0 aromatic rings. The highest BCUT2D eigenvalue weighted by atomic mass is 19.1. The quantitative estimate of drug-likeness (QED) is 0.758. The summed E-state index contributed by atoms with van der Waals surface area (Å²) < 4.78 is 23.2. The Kier molecular flexibility index (Phi) is 4.74. The summed E-state index contributed by atoms with van der Waals surface area (Å²) in [5, 5.41) is 11.9. The molecule has 1 unspecified atom stereocenters. The van der Waals surface area contributed by atoms with Crippen molar-refractivity contribution in [2.45, 2.75) is 31.8 Å². The second-order valence-corrected chi connectivity index (χ2v) is 4.77. The minimum absolute atomic E-state index is 0.0240. The van der Waals surface area contributed by atoms with Crippen LogP contribution in [-0.2, 0) is 14.3 Å². The highest BCUT2D eigenvalue weighted by Crippen LogP contribution is 2.29. The molecule has 2 aliphatic rings. The van der Waals surface area contributed by atoms with Crippen LogP contribution in [0.15, 0.2) is 24.2 Å². The van der Waals surface area contributed by atoms with E-state index in [2.05, 4.69) is 11.9 Å². The molecule has 0 saturated carbocycles. The average Bonchev–Trinajstić information content (AvgIpc) is 2.83. The second-order valence-electron chi connectivity index (χ2n) is 4.77. The predicted molar refractivity (Wildman–Crippen MR) is 69.0 cm³/mol. The molecule has 0 radical (unpaired) electrons. The van der Waals surface area contributed by atoms with Crippen LogP contribution in [0.5, 0.6) is 0 Å². The maximum Gasteiger partial charge on any atom is 0.253 e. The lowest BCUT2D eigenvalue weighted by atomic mass is 10.1. The molecule has 0 bridgehead atoms. The Morgan fingerprint density at radius 2 is 2.45 bits per heavy atom. The molecule has 0 spiro atoms. The van der Waals surface area contributed by atoms with E-state index in [0.717, 1.165) is 0 Å². The third-order valence-corrected chi connectivity index (χ3v) is 3.34. The van der Waals surface area contributed by atoms with Crippen molar-refractivity contribution in [3.63, 3.8) is 0 Å². The molecule has 112 valence electrons. The summed E-state index contributed by atoms with van der Waals surface area (Å²) in [5.41, 5.74) is 0.537. The van der Waals surface area contributed by atoms with Gasteiger partial charge in [-0.3, -0.25) is 4.79 Å². The van der Waals surface area contributed by atoms with Crippen molar-refractivity contribution < 1.29 is 23.8 Å². The Labute approximate surface area is 116 Å². The highest BCUT2D eigenvalue weighted by molar-refractivity contribution is 5.94. The Bertz CT molecular complexity index is 427. The summed E-state index contributed by atoms with van der Waals surface area (Å²) in [6.07, 6.45) is 0.826. The van der Waals surface area contributed by atoms with Gasteiger partial charge in [-0.1, -0.05) is 6.58 Å². The van der Waals surface area contributed by atoms with Crippen LogP contribution in [0.2, 0.25) is 0 Å². The largest absolute Gasteiger partial charge is 0.394 e. The van der Waals surface area contributed by atoms with Crippen molar-refractivity contribution in [2.75, 3.05) is 19.9 Å². The van der Waals surface area contributed by atoms with Crippen LogP contribution in [0.25, 0.3) is 0 Å². The summed E-state index contributed by atoms with van der Waals surface area (Å²) >= 11 is 0. The van der Waals surface area contributed by atoms with Crippen LogP contribution in [-0.4, -0.2) is 54.2 Å². The van der Waals surface area contributed by atoms with Crippen LogP contribution >= 0.6 is 0 Å². The van der Waals surface area contributed by atoms with E-state index >= 15 is 0 Å². The van der Waals surface area contributed by atoms with Crippen molar-refractivity contribution in [2.24, 2.45) is 0 Å². The summed E-state index contributed by atoms with van der Waals surface area (Å²) in [5.74, 6) is 0.210. The maximum absolute atomic E-state index is 12.2. The van der Waals surface area contributed by atoms with Gasteiger partial charge in [0.2, 0.25) is 0 Å². The lowest BCUT2D eigenvalue weighted by molar-refractivity contribution is -0.118. The summed E-state index contributed by atoms with van der Waals surface area (Å²) in [4.78, 5) is 13.2. The van der Waals surface area contributed by atoms with Crippen molar-refractivity contribution in [1.29, 1.82) is 0 Å². The van der Waals surface area contributed by atoms with Crippen molar-refractivity contribution in [3.8, 4) is 0 Å². The number of nitrogens with one attached hydrogen (secondary N) is 1. The van der Waals surface area contributed by atoms with Gasteiger partial charge in [0.1, 0.15) is 24.8 Å². The van der Waals surface area contributed by atoms with E-state index in [1.54, 1.807) is 18.0 Å². The first-order valence-corrected chi connectivity index (χ1v) is 6.47. The zero-order valence-corrected chi connectivity index (χ0v) is 11.3. The lowest BCUT2D eigenvalue weighted by Crippen LogP contribution is -2.42. The first kappa shape index (κ1) is 15.0. The smallest absolute Gasteiger partial charge is 0.253 e. The van der Waals surface area contributed by atoms with E-state index < -0.39 is 19.0 Å². The number of aliphatic hydroxyl groups excluding tert-OH is 1. The number of alkyl halides is 1. The van der Waals surface area contributed by atoms with Crippen LogP contribution in [0.4, 0.5) is 4.39 Å². The van der Waals surface area contributed by atoms with E-state index in [-0.39, 0.29) is 25.2 Å². The molecule has 7 heteroatoms. The Morgan fingerprint density at radius 1 is 1.70 bits per heavy atom. The molecule has 0 aromatic heterocycles. The van der Waals surface area contributed by atoms with Gasteiger partial charge in [-0.2, -0.15) is 0 Å². The average molecular weight is 286 g/mol.